The van der Waals surface area contributed by atoms with E-state index in [-0.39, 0.29) is 5.43 Å². The number of allylic oxidation sites excluding steroid dienone is 1. The van der Waals surface area contributed by atoms with Crippen LogP contribution in [0.2, 0.25) is 0 Å². The van der Waals surface area contributed by atoms with Gasteiger partial charge in [0.15, 0.2) is 5.43 Å². The maximum absolute atomic E-state index is 12.1. The molecule has 0 aliphatic carbocycles. The van der Waals surface area contributed by atoms with Crippen molar-refractivity contribution < 1.29 is 4.42 Å². The number of para-hydroxylation sites is 1. The average molecular weight is 212 g/mol. The molecule has 0 amide bonds. The van der Waals surface area contributed by atoms with E-state index in [4.69, 9.17) is 4.42 Å². The first-order valence-corrected chi connectivity index (χ1v) is 5.09. The summed E-state index contributed by atoms with van der Waals surface area (Å²) in [5.74, 6) is 0. The second-order valence-electron chi connectivity index (χ2n) is 3.40. The summed E-state index contributed by atoms with van der Waals surface area (Å²) in [7, 11) is 0. The molecule has 0 saturated heterocycles. The van der Waals surface area contributed by atoms with Crippen LogP contribution in [0.25, 0.3) is 23.1 Å². The molecule has 0 bridgehead atoms. The van der Waals surface area contributed by atoms with Gasteiger partial charge in [-0.25, -0.2) is 0 Å². The molecule has 2 rings (SSSR count). The first kappa shape index (κ1) is 10.4. The lowest BCUT2D eigenvalue weighted by atomic mass is 10.2. The van der Waals surface area contributed by atoms with E-state index in [1.165, 1.54) is 0 Å². The van der Waals surface area contributed by atoms with Crippen molar-refractivity contribution in [2.75, 3.05) is 0 Å². The van der Waals surface area contributed by atoms with Crippen molar-refractivity contribution in [2.45, 2.75) is 6.92 Å². The van der Waals surface area contributed by atoms with E-state index in [9.17, 15) is 4.79 Å². The molecule has 2 heteroatoms. The third kappa shape index (κ3) is 1.58. The molecule has 0 spiro atoms. The SMILES string of the molecule is C=C/C=c1/oc2ccccc2c(=O)/c1=C/C. The third-order valence-corrected chi connectivity index (χ3v) is 2.42. The molecule has 0 unspecified atom stereocenters. The Labute approximate surface area is 92.8 Å². The Morgan fingerprint density at radius 2 is 2.06 bits per heavy atom. The van der Waals surface area contributed by atoms with E-state index in [1.807, 2.05) is 19.1 Å². The molecule has 1 aromatic heterocycles. The van der Waals surface area contributed by atoms with E-state index in [2.05, 4.69) is 6.58 Å². The average Bonchev–Trinajstić information content (AvgIpc) is 2.30. The lowest BCUT2D eigenvalue weighted by Gasteiger charge is -1.96. The fourth-order valence-corrected chi connectivity index (χ4v) is 1.68. The molecule has 1 aromatic carbocycles. The van der Waals surface area contributed by atoms with Crippen LogP contribution in [0.15, 0.2) is 46.1 Å². The van der Waals surface area contributed by atoms with Gasteiger partial charge in [0.25, 0.3) is 0 Å². The van der Waals surface area contributed by atoms with Crippen molar-refractivity contribution in [1.29, 1.82) is 0 Å². The van der Waals surface area contributed by atoms with Gasteiger partial charge in [0.2, 0.25) is 0 Å². The molecular weight excluding hydrogens is 200 g/mol. The van der Waals surface area contributed by atoms with Gasteiger partial charge in [-0.2, -0.15) is 0 Å². The van der Waals surface area contributed by atoms with Crippen LogP contribution in [0.3, 0.4) is 0 Å². The molecule has 2 nitrogen and oxygen atoms in total. The second kappa shape index (κ2) is 4.19. The highest BCUT2D eigenvalue weighted by Crippen LogP contribution is 2.04. The molecule has 0 radical (unpaired) electrons. The van der Waals surface area contributed by atoms with Crippen LogP contribution in [0, 0.1) is 0 Å². The predicted molar refractivity (Wildman–Crippen MR) is 66.5 cm³/mol. The van der Waals surface area contributed by atoms with Gasteiger partial charge in [0, 0.05) is 0 Å². The molecule has 0 atom stereocenters. The Morgan fingerprint density at radius 3 is 2.75 bits per heavy atom. The fourth-order valence-electron chi connectivity index (χ4n) is 1.68. The van der Waals surface area contributed by atoms with E-state index >= 15 is 0 Å². The molecule has 0 aliphatic heterocycles. The van der Waals surface area contributed by atoms with Gasteiger partial charge >= 0.3 is 0 Å². The zero-order valence-corrected chi connectivity index (χ0v) is 9.07. The number of fused-ring (bicyclic) bond motifs is 1. The van der Waals surface area contributed by atoms with Crippen molar-refractivity contribution in [3.63, 3.8) is 0 Å². The zero-order valence-electron chi connectivity index (χ0n) is 9.07. The first-order chi connectivity index (χ1) is 7.77. The molecular formula is C14H12O2. The van der Waals surface area contributed by atoms with Crippen molar-refractivity contribution >= 4 is 23.1 Å². The number of rotatable bonds is 1. The Bertz CT molecular complexity index is 706. The third-order valence-electron chi connectivity index (χ3n) is 2.42. The second-order valence-corrected chi connectivity index (χ2v) is 3.40. The molecule has 0 fully saturated rings. The largest absolute Gasteiger partial charge is 0.456 e. The summed E-state index contributed by atoms with van der Waals surface area (Å²) < 4.78 is 5.65. The minimum atomic E-state index is -0.00236. The number of benzene rings is 1. The Balaban J connectivity index is 3.12. The smallest absolute Gasteiger partial charge is 0.200 e. The summed E-state index contributed by atoms with van der Waals surface area (Å²) in [5, 5.41) is 1.19. The summed E-state index contributed by atoms with van der Waals surface area (Å²) in [6.45, 7) is 5.43. The highest BCUT2D eigenvalue weighted by Gasteiger charge is 2.01. The Kier molecular flexibility index (Phi) is 2.73. The molecule has 16 heavy (non-hydrogen) atoms. The topological polar surface area (TPSA) is 30.2 Å². The van der Waals surface area contributed by atoms with Crippen molar-refractivity contribution in [1.82, 2.24) is 0 Å². The summed E-state index contributed by atoms with van der Waals surface area (Å²) in [6, 6.07) is 7.23. The van der Waals surface area contributed by atoms with E-state index < -0.39 is 0 Å². The Hall–Kier alpha value is -2.09. The quantitative estimate of drug-likeness (QED) is 0.718. The van der Waals surface area contributed by atoms with Gasteiger partial charge in [0.1, 0.15) is 11.0 Å². The maximum atomic E-state index is 12.1. The van der Waals surface area contributed by atoms with Crippen LogP contribution < -0.4 is 16.1 Å². The molecule has 2 aromatic rings. The summed E-state index contributed by atoms with van der Waals surface area (Å²) in [4.78, 5) is 12.1. The number of hydrogen-bond donors (Lipinski definition) is 0. The lowest BCUT2D eigenvalue weighted by Crippen LogP contribution is -2.38. The minimum Gasteiger partial charge on any atom is -0.456 e. The van der Waals surface area contributed by atoms with E-state index in [1.54, 1.807) is 30.4 Å². The van der Waals surface area contributed by atoms with Crippen LogP contribution in [-0.2, 0) is 0 Å². The molecule has 80 valence electrons. The summed E-state index contributed by atoms with van der Waals surface area (Å²) >= 11 is 0. The molecule has 0 N–H and O–H groups in total. The summed E-state index contributed by atoms with van der Waals surface area (Å²) in [6.07, 6.45) is 5.07. The minimum absolute atomic E-state index is 0.00236. The number of hydrogen-bond acceptors (Lipinski definition) is 2. The van der Waals surface area contributed by atoms with Crippen molar-refractivity contribution in [3.8, 4) is 0 Å². The van der Waals surface area contributed by atoms with Crippen LogP contribution in [-0.4, -0.2) is 0 Å². The van der Waals surface area contributed by atoms with E-state index in [0.29, 0.717) is 21.6 Å². The Morgan fingerprint density at radius 1 is 1.31 bits per heavy atom. The van der Waals surface area contributed by atoms with Crippen molar-refractivity contribution in [3.05, 3.63) is 57.8 Å². The van der Waals surface area contributed by atoms with Gasteiger partial charge < -0.3 is 4.42 Å². The van der Waals surface area contributed by atoms with Crippen LogP contribution in [0.5, 0.6) is 0 Å². The maximum Gasteiger partial charge on any atom is 0.200 e. The highest BCUT2D eigenvalue weighted by atomic mass is 16.3. The zero-order chi connectivity index (χ0) is 11.5. The highest BCUT2D eigenvalue weighted by molar-refractivity contribution is 5.76. The lowest BCUT2D eigenvalue weighted by molar-refractivity contribution is 0.559. The standard InChI is InChI=1S/C14H12O2/c1-3-7-12-10(4-2)14(15)11-8-5-6-9-13(11)16-12/h3-9H,1H2,2H3/b10-4+,12-7+. The van der Waals surface area contributed by atoms with Gasteiger partial charge in [-0.1, -0.05) is 30.9 Å². The first-order valence-electron chi connectivity index (χ1n) is 5.09. The van der Waals surface area contributed by atoms with E-state index in [0.717, 1.165) is 0 Å². The predicted octanol–water partition coefficient (Wildman–Crippen LogP) is 1.56. The van der Waals surface area contributed by atoms with Crippen LogP contribution >= 0.6 is 0 Å². The van der Waals surface area contributed by atoms with Gasteiger partial charge in [-0.3, -0.25) is 4.79 Å². The fraction of sp³-hybridized carbons (Fsp3) is 0.0714. The molecule has 0 aliphatic rings. The monoisotopic (exact) mass is 212 g/mol. The van der Waals surface area contributed by atoms with Crippen LogP contribution in [0.4, 0.5) is 0 Å². The molecule has 0 saturated carbocycles. The van der Waals surface area contributed by atoms with Crippen molar-refractivity contribution in [2.24, 2.45) is 0 Å². The van der Waals surface area contributed by atoms with Crippen LogP contribution in [0.1, 0.15) is 6.92 Å². The molecule has 1 heterocycles. The normalized spacial score (nSPS) is 13.3. The van der Waals surface area contributed by atoms with Gasteiger partial charge in [-0.15, -0.1) is 0 Å². The van der Waals surface area contributed by atoms with Gasteiger partial charge in [0.05, 0.1) is 10.6 Å². The van der Waals surface area contributed by atoms with Gasteiger partial charge in [-0.05, 0) is 25.1 Å². The summed E-state index contributed by atoms with van der Waals surface area (Å²) in [5.41, 5.74) is 1.16.